The van der Waals surface area contributed by atoms with Gasteiger partial charge in [-0.05, 0) is 59.1 Å². The molecular weight excluding hydrogens is 344 g/mol. The molecule has 0 aliphatic heterocycles. The lowest BCUT2D eigenvalue weighted by molar-refractivity contribution is 1.29. The smallest absolute Gasteiger partial charge is 0.0582 e. The largest absolute Gasteiger partial charge is 0.354 e. The Labute approximate surface area is 118 Å². The maximum absolute atomic E-state index is 4.12. The molecule has 1 aromatic heterocycles. The van der Waals surface area contributed by atoms with Gasteiger partial charge in [0.15, 0.2) is 0 Å². The van der Waals surface area contributed by atoms with E-state index in [2.05, 4.69) is 68.1 Å². The van der Waals surface area contributed by atoms with Crippen LogP contribution >= 0.6 is 31.9 Å². The normalized spacial score (nSPS) is 10.4. The number of aromatic nitrogens is 1. The fraction of sp³-hybridized carbons (Fsp3) is 0.154. The minimum absolute atomic E-state index is 0.966. The molecule has 1 aromatic carbocycles. The third-order valence-electron chi connectivity index (χ3n) is 2.43. The van der Waals surface area contributed by atoms with Gasteiger partial charge in [-0.1, -0.05) is 15.9 Å². The van der Waals surface area contributed by atoms with E-state index in [4.69, 9.17) is 0 Å². The standard InChI is InChI=1S/C13H12Br2N2/c1-8-3-11(4-9(2)13(8)15)17-12-5-10(14)6-16-7-12/h3-7,17H,1-2H3. The second-order valence-corrected chi connectivity index (χ2v) is 5.65. The molecule has 0 fully saturated rings. The van der Waals surface area contributed by atoms with Gasteiger partial charge in [-0.3, -0.25) is 4.98 Å². The number of anilines is 2. The van der Waals surface area contributed by atoms with Crippen LogP contribution in [0, 0.1) is 13.8 Å². The molecule has 0 saturated heterocycles. The molecule has 0 unspecified atom stereocenters. The minimum Gasteiger partial charge on any atom is -0.354 e. The van der Waals surface area contributed by atoms with Crippen molar-refractivity contribution in [3.05, 3.63) is 50.7 Å². The minimum atomic E-state index is 0.966. The SMILES string of the molecule is Cc1cc(Nc2cncc(Br)c2)cc(C)c1Br. The Morgan fingerprint density at radius 3 is 2.18 bits per heavy atom. The topological polar surface area (TPSA) is 24.9 Å². The fourth-order valence-corrected chi connectivity index (χ4v) is 2.26. The van der Waals surface area contributed by atoms with Crippen molar-refractivity contribution in [3.8, 4) is 0 Å². The van der Waals surface area contributed by atoms with Gasteiger partial charge in [0.05, 0.1) is 11.9 Å². The molecule has 1 N–H and O–H groups in total. The lowest BCUT2D eigenvalue weighted by Crippen LogP contribution is -1.93. The van der Waals surface area contributed by atoms with Crippen molar-refractivity contribution >= 4 is 43.2 Å². The lowest BCUT2D eigenvalue weighted by Gasteiger charge is -2.10. The summed E-state index contributed by atoms with van der Waals surface area (Å²) in [4.78, 5) is 4.12. The van der Waals surface area contributed by atoms with Crippen molar-refractivity contribution in [1.82, 2.24) is 4.98 Å². The number of nitrogens with one attached hydrogen (secondary N) is 1. The summed E-state index contributed by atoms with van der Waals surface area (Å²) in [6, 6.07) is 6.22. The number of hydrogen-bond donors (Lipinski definition) is 1. The Kier molecular flexibility index (Phi) is 3.84. The maximum Gasteiger partial charge on any atom is 0.0582 e. The van der Waals surface area contributed by atoms with Gasteiger partial charge in [-0.15, -0.1) is 0 Å². The van der Waals surface area contributed by atoms with Crippen LogP contribution in [-0.4, -0.2) is 4.98 Å². The van der Waals surface area contributed by atoms with Crippen LogP contribution in [0.4, 0.5) is 11.4 Å². The van der Waals surface area contributed by atoms with Gasteiger partial charge < -0.3 is 5.32 Å². The second-order valence-electron chi connectivity index (χ2n) is 3.94. The third-order valence-corrected chi connectivity index (χ3v) is 4.11. The molecule has 0 aliphatic rings. The molecule has 2 aromatic rings. The zero-order valence-electron chi connectivity index (χ0n) is 9.59. The summed E-state index contributed by atoms with van der Waals surface area (Å²) >= 11 is 6.97. The molecule has 0 bridgehead atoms. The zero-order chi connectivity index (χ0) is 12.4. The van der Waals surface area contributed by atoms with Gasteiger partial charge in [0.1, 0.15) is 0 Å². The monoisotopic (exact) mass is 354 g/mol. The van der Waals surface area contributed by atoms with Gasteiger partial charge in [-0.25, -0.2) is 0 Å². The van der Waals surface area contributed by atoms with Crippen LogP contribution in [0.1, 0.15) is 11.1 Å². The molecule has 0 aliphatic carbocycles. The van der Waals surface area contributed by atoms with E-state index in [1.165, 1.54) is 11.1 Å². The molecule has 1 heterocycles. The first kappa shape index (κ1) is 12.6. The quantitative estimate of drug-likeness (QED) is 0.822. The predicted molar refractivity (Wildman–Crippen MR) is 78.8 cm³/mol. The highest BCUT2D eigenvalue weighted by Gasteiger charge is 2.03. The Hall–Kier alpha value is -0.870. The molecule has 2 rings (SSSR count). The van der Waals surface area contributed by atoms with E-state index in [-0.39, 0.29) is 0 Å². The van der Waals surface area contributed by atoms with Gasteiger partial charge >= 0.3 is 0 Å². The summed E-state index contributed by atoms with van der Waals surface area (Å²) in [7, 11) is 0. The first-order valence-electron chi connectivity index (χ1n) is 5.20. The first-order chi connectivity index (χ1) is 8.06. The average molecular weight is 356 g/mol. The Bertz CT molecular complexity index is 530. The number of nitrogens with zero attached hydrogens (tertiary/aromatic N) is 1. The summed E-state index contributed by atoms with van der Waals surface area (Å²) in [6.45, 7) is 4.17. The van der Waals surface area contributed by atoms with E-state index < -0.39 is 0 Å². The van der Waals surface area contributed by atoms with Gasteiger partial charge in [0.25, 0.3) is 0 Å². The highest BCUT2D eigenvalue weighted by Crippen LogP contribution is 2.27. The van der Waals surface area contributed by atoms with Crippen molar-refractivity contribution in [1.29, 1.82) is 0 Å². The number of halogens is 2. The van der Waals surface area contributed by atoms with Crippen LogP contribution in [0.25, 0.3) is 0 Å². The third kappa shape index (κ3) is 3.07. The van der Waals surface area contributed by atoms with Crippen molar-refractivity contribution < 1.29 is 0 Å². The number of aryl methyl sites for hydroxylation is 2. The summed E-state index contributed by atoms with van der Waals surface area (Å²) in [5.41, 5.74) is 4.48. The molecule has 0 saturated carbocycles. The van der Waals surface area contributed by atoms with Crippen LogP contribution < -0.4 is 5.32 Å². The molecule has 17 heavy (non-hydrogen) atoms. The molecule has 88 valence electrons. The summed E-state index contributed by atoms with van der Waals surface area (Å²) < 4.78 is 2.13. The van der Waals surface area contributed by atoms with Gasteiger partial charge in [0.2, 0.25) is 0 Å². The number of rotatable bonds is 2. The molecular formula is C13H12Br2N2. The van der Waals surface area contributed by atoms with Gasteiger partial charge in [0, 0.05) is 20.8 Å². The Morgan fingerprint density at radius 1 is 0.941 bits per heavy atom. The molecule has 0 spiro atoms. The molecule has 4 heteroatoms. The predicted octanol–water partition coefficient (Wildman–Crippen LogP) is 4.97. The first-order valence-corrected chi connectivity index (χ1v) is 6.79. The number of hydrogen-bond acceptors (Lipinski definition) is 2. The molecule has 2 nitrogen and oxygen atoms in total. The molecule has 0 radical (unpaired) electrons. The van der Waals surface area contributed by atoms with Crippen LogP contribution in [0.3, 0.4) is 0 Å². The van der Waals surface area contributed by atoms with Gasteiger partial charge in [-0.2, -0.15) is 0 Å². The van der Waals surface area contributed by atoms with E-state index >= 15 is 0 Å². The summed E-state index contributed by atoms with van der Waals surface area (Å²) in [6.07, 6.45) is 3.57. The highest BCUT2D eigenvalue weighted by molar-refractivity contribution is 9.10. The van der Waals surface area contributed by atoms with Crippen molar-refractivity contribution in [2.75, 3.05) is 5.32 Å². The second kappa shape index (κ2) is 5.19. The Balaban J connectivity index is 2.31. The van der Waals surface area contributed by atoms with Crippen LogP contribution in [0.15, 0.2) is 39.5 Å². The summed E-state index contributed by atoms with van der Waals surface area (Å²) in [5.74, 6) is 0. The van der Waals surface area contributed by atoms with Crippen molar-refractivity contribution in [2.24, 2.45) is 0 Å². The van der Waals surface area contributed by atoms with E-state index in [1.807, 2.05) is 6.07 Å². The Morgan fingerprint density at radius 2 is 1.59 bits per heavy atom. The van der Waals surface area contributed by atoms with E-state index in [1.54, 1.807) is 12.4 Å². The van der Waals surface area contributed by atoms with Crippen molar-refractivity contribution in [3.63, 3.8) is 0 Å². The average Bonchev–Trinajstić information content (AvgIpc) is 2.26. The van der Waals surface area contributed by atoms with Crippen LogP contribution in [0.2, 0.25) is 0 Å². The molecule has 0 atom stereocenters. The maximum atomic E-state index is 4.12. The van der Waals surface area contributed by atoms with E-state index in [0.717, 1.165) is 20.3 Å². The number of benzene rings is 1. The van der Waals surface area contributed by atoms with E-state index in [0.29, 0.717) is 0 Å². The van der Waals surface area contributed by atoms with Crippen LogP contribution in [-0.2, 0) is 0 Å². The lowest BCUT2D eigenvalue weighted by atomic mass is 10.1. The highest BCUT2D eigenvalue weighted by atomic mass is 79.9. The van der Waals surface area contributed by atoms with Crippen molar-refractivity contribution in [2.45, 2.75) is 13.8 Å². The zero-order valence-corrected chi connectivity index (χ0v) is 12.8. The van der Waals surface area contributed by atoms with E-state index in [9.17, 15) is 0 Å². The molecule has 0 amide bonds. The fourth-order valence-electron chi connectivity index (χ4n) is 1.66. The summed E-state index contributed by atoms with van der Waals surface area (Å²) in [5, 5.41) is 3.34. The number of pyridine rings is 1. The van der Waals surface area contributed by atoms with Crippen LogP contribution in [0.5, 0.6) is 0 Å².